The third-order valence-corrected chi connectivity index (χ3v) is 3.51. The van der Waals surface area contributed by atoms with Crippen molar-refractivity contribution >= 4 is 17.7 Å². The number of hydrogen-bond donors (Lipinski definition) is 1. The summed E-state index contributed by atoms with van der Waals surface area (Å²) in [5, 5.41) is 11.8. The Kier molecular flexibility index (Phi) is 4.10. The average molecular weight is 198 g/mol. The second-order valence-electron chi connectivity index (χ2n) is 3.21. The Balaban J connectivity index is 2.35. The minimum absolute atomic E-state index is 0.0163. The van der Waals surface area contributed by atoms with Gasteiger partial charge in [0.25, 0.3) is 0 Å². The standard InChI is InChI=1S/C9H14N2OS/c1-13-8-4-2-3-7(8)11-9(12)5-6-10/h7-8H,2-5H2,1H3,(H,11,12). The number of carbonyl (C=O) groups excluding carboxylic acids is 1. The van der Waals surface area contributed by atoms with E-state index in [2.05, 4.69) is 11.6 Å². The van der Waals surface area contributed by atoms with Crippen LogP contribution in [-0.4, -0.2) is 23.5 Å². The number of rotatable bonds is 3. The van der Waals surface area contributed by atoms with Crippen molar-refractivity contribution in [3.8, 4) is 6.07 Å². The fourth-order valence-corrected chi connectivity index (χ4v) is 2.64. The molecule has 0 aromatic heterocycles. The van der Waals surface area contributed by atoms with Crippen molar-refractivity contribution in [1.29, 1.82) is 5.26 Å². The van der Waals surface area contributed by atoms with Crippen LogP contribution in [0.25, 0.3) is 0 Å². The van der Waals surface area contributed by atoms with Crippen LogP contribution in [0.2, 0.25) is 0 Å². The van der Waals surface area contributed by atoms with Gasteiger partial charge in [-0.3, -0.25) is 4.79 Å². The van der Waals surface area contributed by atoms with E-state index in [0.717, 1.165) is 6.42 Å². The topological polar surface area (TPSA) is 52.9 Å². The van der Waals surface area contributed by atoms with Gasteiger partial charge in [0.05, 0.1) is 6.07 Å². The van der Waals surface area contributed by atoms with Gasteiger partial charge in [0.1, 0.15) is 6.42 Å². The van der Waals surface area contributed by atoms with Crippen molar-refractivity contribution in [3.05, 3.63) is 0 Å². The highest BCUT2D eigenvalue weighted by Gasteiger charge is 2.27. The Morgan fingerprint density at radius 3 is 3.08 bits per heavy atom. The van der Waals surface area contributed by atoms with Crippen molar-refractivity contribution in [1.82, 2.24) is 5.32 Å². The van der Waals surface area contributed by atoms with Gasteiger partial charge >= 0.3 is 0 Å². The van der Waals surface area contributed by atoms with Crippen LogP contribution in [-0.2, 0) is 4.79 Å². The van der Waals surface area contributed by atoms with Crippen molar-refractivity contribution in [2.75, 3.05) is 6.26 Å². The molecule has 1 aliphatic carbocycles. The third kappa shape index (κ3) is 2.92. The summed E-state index contributed by atoms with van der Waals surface area (Å²) in [6.07, 6.45) is 5.47. The van der Waals surface area contributed by atoms with E-state index in [0.29, 0.717) is 5.25 Å². The fraction of sp³-hybridized carbons (Fsp3) is 0.778. The molecule has 1 amide bonds. The SMILES string of the molecule is CSC1CCCC1NC(=O)CC#N. The van der Waals surface area contributed by atoms with Crippen LogP contribution in [0, 0.1) is 11.3 Å². The van der Waals surface area contributed by atoms with Gasteiger partial charge in [-0.1, -0.05) is 6.42 Å². The molecule has 2 atom stereocenters. The van der Waals surface area contributed by atoms with Crippen molar-refractivity contribution < 1.29 is 4.79 Å². The summed E-state index contributed by atoms with van der Waals surface area (Å²) < 4.78 is 0. The maximum Gasteiger partial charge on any atom is 0.234 e. The highest BCUT2D eigenvalue weighted by molar-refractivity contribution is 7.99. The van der Waals surface area contributed by atoms with Gasteiger partial charge in [-0.25, -0.2) is 0 Å². The Bertz CT molecular complexity index is 224. The van der Waals surface area contributed by atoms with Crippen LogP contribution in [0.1, 0.15) is 25.7 Å². The molecule has 0 saturated heterocycles. The van der Waals surface area contributed by atoms with E-state index in [1.54, 1.807) is 11.8 Å². The summed E-state index contributed by atoms with van der Waals surface area (Å²) in [7, 11) is 0. The molecule has 2 unspecified atom stereocenters. The monoisotopic (exact) mass is 198 g/mol. The second-order valence-corrected chi connectivity index (χ2v) is 4.29. The fourth-order valence-electron chi connectivity index (χ4n) is 1.70. The quantitative estimate of drug-likeness (QED) is 0.743. The summed E-state index contributed by atoms with van der Waals surface area (Å²) in [5.41, 5.74) is 0. The van der Waals surface area contributed by atoms with Crippen LogP contribution in [0.5, 0.6) is 0 Å². The molecule has 1 fully saturated rings. The number of nitriles is 1. The highest BCUT2D eigenvalue weighted by Crippen LogP contribution is 2.28. The van der Waals surface area contributed by atoms with Gasteiger partial charge in [0, 0.05) is 11.3 Å². The highest BCUT2D eigenvalue weighted by atomic mass is 32.2. The minimum atomic E-state index is -0.131. The molecule has 0 aromatic carbocycles. The first-order valence-corrected chi connectivity index (χ1v) is 5.76. The first-order valence-electron chi connectivity index (χ1n) is 4.47. The molecule has 0 aliphatic heterocycles. The molecular weight excluding hydrogens is 184 g/mol. The molecule has 0 heterocycles. The number of thioether (sulfide) groups is 1. The van der Waals surface area contributed by atoms with E-state index < -0.39 is 0 Å². The van der Waals surface area contributed by atoms with Gasteiger partial charge < -0.3 is 5.32 Å². The van der Waals surface area contributed by atoms with E-state index in [9.17, 15) is 4.79 Å². The third-order valence-electron chi connectivity index (χ3n) is 2.34. The zero-order chi connectivity index (χ0) is 9.68. The maximum absolute atomic E-state index is 11.1. The normalized spacial score (nSPS) is 26.8. The van der Waals surface area contributed by atoms with Crippen molar-refractivity contribution in [3.63, 3.8) is 0 Å². The number of carbonyl (C=O) groups is 1. The van der Waals surface area contributed by atoms with Gasteiger partial charge in [0.15, 0.2) is 0 Å². The maximum atomic E-state index is 11.1. The molecule has 1 rings (SSSR count). The van der Waals surface area contributed by atoms with Gasteiger partial charge in [-0.05, 0) is 19.1 Å². The van der Waals surface area contributed by atoms with Crippen LogP contribution >= 0.6 is 11.8 Å². The minimum Gasteiger partial charge on any atom is -0.351 e. The van der Waals surface area contributed by atoms with E-state index in [-0.39, 0.29) is 18.4 Å². The molecule has 13 heavy (non-hydrogen) atoms. The summed E-state index contributed by atoms with van der Waals surface area (Å²) >= 11 is 1.80. The summed E-state index contributed by atoms with van der Waals surface area (Å²) in [6, 6.07) is 2.14. The van der Waals surface area contributed by atoms with E-state index in [1.807, 2.05) is 6.07 Å². The Morgan fingerprint density at radius 1 is 1.69 bits per heavy atom. The lowest BCUT2D eigenvalue weighted by atomic mass is 10.2. The van der Waals surface area contributed by atoms with Crippen LogP contribution in [0.15, 0.2) is 0 Å². The average Bonchev–Trinajstić information content (AvgIpc) is 2.52. The largest absolute Gasteiger partial charge is 0.351 e. The van der Waals surface area contributed by atoms with E-state index >= 15 is 0 Å². The van der Waals surface area contributed by atoms with Gasteiger partial charge in [0.2, 0.25) is 5.91 Å². The number of nitrogens with zero attached hydrogens (tertiary/aromatic N) is 1. The van der Waals surface area contributed by atoms with Crippen LogP contribution in [0.3, 0.4) is 0 Å². The smallest absolute Gasteiger partial charge is 0.234 e. The zero-order valence-corrected chi connectivity index (χ0v) is 8.56. The zero-order valence-electron chi connectivity index (χ0n) is 7.75. The molecule has 3 nitrogen and oxygen atoms in total. The lowest BCUT2D eigenvalue weighted by molar-refractivity contribution is -0.120. The summed E-state index contributed by atoms with van der Waals surface area (Å²) in [6.45, 7) is 0. The molecule has 1 aliphatic rings. The molecule has 0 spiro atoms. The molecule has 4 heteroatoms. The molecular formula is C9H14N2OS. The molecule has 0 bridgehead atoms. The van der Waals surface area contributed by atoms with Crippen LogP contribution in [0.4, 0.5) is 0 Å². The second kappa shape index (κ2) is 5.13. The first kappa shape index (κ1) is 10.4. The van der Waals surface area contributed by atoms with Crippen LogP contribution < -0.4 is 5.32 Å². The molecule has 0 aromatic rings. The van der Waals surface area contributed by atoms with Crippen molar-refractivity contribution in [2.24, 2.45) is 0 Å². The molecule has 1 N–H and O–H groups in total. The van der Waals surface area contributed by atoms with Crippen molar-refractivity contribution in [2.45, 2.75) is 37.0 Å². The van der Waals surface area contributed by atoms with Gasteiger partial charge in [-0.15, -0.1) is 0 Å². The Hall–Kier alpha value is -0.690. The van der Waals surface area contributed by atoms with E-state index in [1.165, 1.54) is 12.8 Å². The lowest BCUT2D eigenvalue weighted by Crippen LogP contribution is -2.38. The number of nitrogens with one attached hydrogen (secondary N) is 1. The predicted molar refractivity (Wildman–Crippen MR) is 53.3 cm³/mol. The summed E-state index contributed by atoms with van der Waals surface area (Å²) in [5.74, 6) is -0.131. The summed E-state index contributed by atoms with van der Waals surface area (Å²) in [4.78, 5) is 11.1. The molecule has 0 radical (unpaired) electrons. The number of hydrogen-bond acceptors (Lipinski definition) is 3. The van der Waals surface area contributed by atoms with E-state index in [4.69, 9.17) is 5.26 Å². The molecule has 1 saturated carbocycles. The lowest BCUT2D eigenvalue weighted by Gasteiger charge is -2.18. The van der Waals surface area contributed by atoms with Gasteiger partial charge in [-0.2, -0.15) is 17.0 Å². The Morgan fingerprint density at radius 2 is 2.46 bits per heavy atom. The number of amides is 1. The first-order chi connectivity index (χ1) is 6.27. The molecule has 72 valence electrons. The predicted octanol–water partition coefficient (Wildman–Crippen LogP) is 1.30. The Labute approximate surface area is 82.9 Å².